The molecule has 0 saturated carbocycles. The summed E-state index contributed by atoms with van der Waals surface area (Å²) >= 11 is 1.75. The average Bonchev–Trinajstić information content (AvgIpc) is 2.92. The van der Waals surface area contributed by atoms with E-state index in [1.807, 2.05) is 13.2 Å². The number of imidazole rings is 1. The van der Waals surface area contributed by atoms with Crippen LogP contribution in [0.25, 0.3) is 0 Å². The van der Waals surface area contributed by atoms with Crippen LogP contribution in [0.15, 0.2) is 23.2 Å². The van der Waals surface area contributed by atoms with Gasteiger partial charge in [-0.2, -0.15) is 11.3 Å². The Kier molecular flexibility index (Phi) is 3.97. The molecule has 1 atom stereocenters. The van der Waals surface area contributed by atoms with Gasteiger partial charge in [0.15, 0.2) is 0 Å². The van der Waals surface area contributed by atoms with Crippen molar-refractivity contribution in [3.8, 4) is 0 Å². The fourth-order valence-electron chi connectivity index (χ4n) is 2.10. The van der Waals surface area contributed by atoms with Crippen LogP contribution in [0.4, 0.5) is 0 Å². The molecule has 0 aliphatic rings. The lowest BCUT2D eigenvalue weighted by molar-refractivity contribution is 0.567. The Morgan fingerprint density at radius 3 is 2.88 bits per heavy atom. The predicted molar refractivity (Wildman–Crippen MR) is 72.5 cm³/mol. The molecular weight excluding hydrogens is 230 g/mol. The molecule has 0 spiro atoms. The van der Waals surface area contributed by atoms with Gasteiger partial charge in [0.2, 0.25) is 0 Å². The van der Waals surface area contributed by atoms with Crippen LogP contribution in [0.3, 0.4) is 0 Å². The Bertz CT molecular complexity index is 472. The number of rotatable bonds is 5. The summed E-state index contributed by atoms with van der Waals surface area (Å²) in [6, 6.07) is 0.197. The molecule has 2 aromatic rings. The van der Waals surface area contributed by atoms with Crippen molar-refractivity contribution in [1.82, 2.24) is 14.9 Å². The van der Waals surface area contributed by atoms with Crippen LogP contribution < -0.4 is 5.32 Å². The minimum absolute atomic E-state index is 0.197. The predicted octanol–water partition coefficient (Wildman–Crippen LogP) is 2.97. The summed E-state index contributed by atoms with van der Waals surface area (Å²) in [5.74, 6) is 1.11. The van der Waals surface area contributed by atoms with Crippen molar-refractivity contribution in [3.63, 3.8) is 0 Å². The molecule has 4 heteroatoms. The average molecular weight is 249 g/mol. The largest absolute Gasteiger partial charge is 0.333 e. The zero-order chi connectivity index (χ0) is 12.3. The minimum atomic E-state index is 0.197. The first-order valence-electron chi connectivity index (χ1n) is 5.99. The fourth-order valence-corrected chi connectivity index (χ4v) is 2.98. The van der Waals surface area contributed by atoms with Crippen LogP contribution in [0.2, 0.25) is 0 Å². The molecule has 0 aromatic carbocycles. The van der Waals surface area contributed by atoms with E-state index >= 15 is 0 Å². The van der Waals surface area contributed by atoms with Crippen molar-refractivity contribution in [3.05, 3.63) is 40.1 Å². The second-order valence-corrected chi connectivity index (χ2v) is 4.95. The summed E-state index contributed by atoms with van der Waals surface area (Å²) in [6.07, 6.45) is 5.07. The molecule has 0 aliphatic heterocycles. The van der Waals surface area contributed by atoms with E-state index in [1.165, 1.54) is 11.1 Å². The number of aromatic nitrogens is 2. The summed E-state index contributed by atoms with van der Waals surface area (Å²) in [4.78, 5) is 4.51. The van der Waals surface area contributed by atoms with Gasteiger partial charge in [0.25, 0.3) is 0 Å². The minimum Gasteiger partial charge on any atom is -0.333 e. The number of thiophene rings is 1. The van der Waals surface area contributed by atoms with Crippen LogP contribution in [0.5, 0.6) is 0 Å². The van der Waals surface area contributed by atoms with Gasteiger partial charge in [-0.25, -0.2) is 4.98 Å². The van der Waals surface area contributed by atoms with E-state index in [0.29, 0.717) is 0 Å². The molecule has 0 saturated heterocycles. The lowest BCUT2D eigenvalue weighted by Gasteiger charge is -2.17. The van der Waals surface area contributed by atoms with E-state index in [0.717, 1.165) is 18.8 Å². The van der Waals surface area contributed by atoms with Crippen molar-refractivity contribution in [1.29, 1.82) is 0 Å². The Morgan fingerprint density at radius 1 is 1.47 bits per heavy atom. The fraction of sp³-hybridized carbons (Fsp3) is 0.462. The molecule has 0 radical (unpaired) electrons. The Labute approximate surface area is 107 Å². The number of nitrogens with zero attached hydrogens (tertiary/aromatic N) is 2. The molecule has 3 nitrogen and oxygen atoms in total. The molecule has 17 heavy (non-hydrogen) atoms. The first kappa shape index (κ1) is 12.3. The van der Waals surface area contributed by atoms with Crippen molar-refractivity contribution >= 4 is 11.3 Å². The number of nitrogens with one attached hydrogen (secondary N) is 1. The van der Waals surface area contributed by atoms with Crippen LogP contribution >= 0.6 is 11.3 Å². The van der Waals surface area contributed by atoms with Gasteiger partial charge in [0.1, 0.15) is 5.82 Å². The molecule has 1 N–H and O–H groups in total. The Morgan fingerprint density at radius 2 is 2.29 bits per heavy atom. The highest BCUT2D eigenvalue weighted by Crippen LogP contribution is 2.26. The summed E-state index contributed by atoms with van der Waals surface area (Å²) < 4.78 is 2.23. The molecule has 0 aliphatic carbocycles. The molecule has 92 valence electrons. The third kappa shape index (κ3) is 2.42. The molecule has 0 amide bonds. The van der Waals surface area contributed by atoms with Gasteiger partial charge < -0.3 is 9.88 Å². The Balaban J connectivity index is 2.35. The number of hydrogen-bond donors (Lipinski definition) is 1. The maximum atomic E-state index is 4.51. The van der Waals surface area contributed by atoms with E-state index < -0.39 is 0 Å². The Hall–Kier alpha value is -1.13. The van der Waals surface area contributed by atoms with E-state index in [2.05, 4.69) is 45.7 Å². The van der Waals surface area contributed by atoms with E-state index in [-0.39, 0.29) is 6.04 Å². The summed E-state index contributed by atoms with van der Waals surface area (Å²) in [6.45, 7) is 5.37. The lowest BCUT2D eigenvalue weighted by atomic mass is 10.1. The van der Waals surface area contributed by atoms with Crippen LogP contribution in [0, 0.1) is 6.92 Å². The van der Waals surface area contributed by atoms with Gasteiger partial charge in [-0.3, -0.25) is 0 Å². The first-order chi connectivity index (χ1) is 8.27. The van der Waals surface area contributed by atoms with Crippen LogP contribution in [-0.2, 0) is 6.54 Å². The van der Waals surface area contributed by atoms with Gasteiger partial charge >= 0.3 is 0 Å². The number of hydrogen-bond acceptors (Lipinski definition) is 3. The zero-order valence-electron chi connectivity index (χ0n) is 10.6. The zero-order valence-corrected chi connectivity index (χ0v) is 11.4. The molecule has 2 heterocycles. The maximum Gasteiger partial charge on any atom is 0.130 e. The smallest absolute Gasteiger partial charge is 0.130 e. The van der Waals surface area contributed by atoms with E-state index in [4.69, 9.17) is 0 Å². The van der Waals surface area contributed by atoms with Crippen molar-refractivity contribution in [2.24, 2.45) is 0 Å². The third-order valence-electron chi connectivity index (χ3n) is 2.97. The quantitative estimate of drug-likeness (QED) is 0.883. The van der Waals surface area contributed by atoms with Crippen molar-refractivity contribution in [2.45, 2.75) is 32.9 Å². The monoisotopic (exact) mass is 249 g/mol. The highest BCUT2D eigenvalue weighted by molar-refractivity contribution is 7.08. The lowest BCUT2D eigenvalue weighted by Crippen LogP contribution is -2.22. The van der Waals surface area contributed by atoms with Gasteiger partial charge in [0.05, 0.1) is 6.04 Å². The van der Waals surface area contributed by atoms with Crippen molar-refractivity contribution < 1.29 is 0 Å². The molecule has 0 fully saturated rings. The molecule has 0 bridgehead atoms. The molecule has 2 aromatic heterocycles. The normalized spacial score (nSPS) is 12.9. The second-order valence-electron chi connectivity index (χ2n) is 4.21. The van der Waals surface area contributed by atoms with Gasteiger partial charge in [-0.1, -0.05) is 6.92 Å². The SMILES string of the molecule is CCCn1ccnc1C(NC)c1cscc1C. The standard InChI is InChI=1S/C13H19N3S/c1-4-6-16-7-5-15-13(16)12(14-3)11-9-17-8-10(11)2/h5,7-9,12,14H,4,6H2,1-3H3. The molecule has 1 unspecified atom stereocenters. The summed E-state index contributed by atoms with van der Waals surface area (Å²) in [7, 11) is 1.99. The summed E-state index contributed by atoms with van der Waals surface area (Å²) in [5.41, 5.74) is 2.67. The van der Waals surface area contributed by atoms with Gasteiger partial charge in [-0.05, 0) is 42.3 Å². The number of aryl methyl sites for hydroxylation is 2. The second kappa shape index (κ2) is 5.47. The highest BCUT2D eigenvalue weighted by Gasteiger charge is 2.19. The summed E-state index contributed by atoms with van der Waals surface area (Å²) in [5, 5.41) is 7.77. The van der Waals surface area contributed by atoms with Crippen LogP contribution in [0.1, 0.15) is 36.3 Å². The highest BCUT2D eigenvalue weighted by atomic mass is 32.1. The maximum absolute atomic E-state index is 4.51. The first-order valence-corrected chi connectivity index (χ1v) is 6.93. The third-order valence-corrected chi connectivity index (χ3v) is 3.84. The molecule has 2 rings (SSSR count). The van der Waals surface area contributed by atoms with Crippen molar-refractivity contribution in [2.75, 3.05) is 7.05 Å². The van der Waals surface area contributed by atoms with Gasteiger partial charge in [0, 0.05) is 18.9 Å². The van der Waals surface area contributed by atoms with Crippen LogP contribution in [-0.4, -0.2) is 16.6 Å². The molecular formula is C13H19N3S. The van der Waals surface area contributed by atoms with Gasteiger partial charge in [-0.15, -0.1) is 0 Å². The van der Waals surface area contributed by atoms with E-state index in [1.54, 1.807) is 11.3 Å². The topological polar surface area (TPSA) is 29.9 Å². The van der Waals surface area contributed by atoms with E-state index in [9.17, 15) is 0 Å².